The Hall–Kier alpha value is -1.12. The Balaban J connectivity index is 0.00000218. The SMILES string of the molecule is CCNC(=NCC(C1CC1)C1CC1)NCCCN1C(=O)C2C3C=CC(C3)C2C1=O.I. The highest BCUT2D eigenvalue weighted by Gasteiger charge is 2.58. The first-order valence-corrected chi connectivity index (χ1v) is 11.7. The molecule has 0 aromatic heterocycles. The van der Waals surface area contributed by atoms with Gasteiger partial charge in [-0.05, 0) is 75.0 Å². The Morgan fingerprint density at radius 3 is 2.20 bits per heavy atom. The Morgan fingerprint density at radius 1 is 1.07 bits per heavy atom. The fraction of sp³-hybridized carbons (Fsp3) is 0.783. The Kier molecular flexibility index (Phi) is 6.75. The number of nitrogens with zero attached hydrogens (tertiary/aromatic N) is 2. The fourth-order valence-corrected chi connectivity index (χ4v) is 5.90. The van der Waals surface area contributed by atoms with Crippen molar-refractivity contribution in [3.63, 3.8) is 0 Å². The summed E-state index contributed by atoms with van der Waals surface area (Å²) in [4.78, 5) is 31.9. The van der Waals surface area contributed by atoms with Crippen molar-refractivity contribution >= 4 is 41.8 Å². The average Bonchev–Trinajstić information content (AvgIpc) is 3.64. The lowest BCUT2D eigenvalue weighted by atomic mass is 9.85. The van der Waals surface area contributed by atoms with Gasteiger partial charge in [0, 0.05) is 26.2 Å². The summed E-state index contributed by atoms with van der Waals surface area (Å²) >= 11 is 0. The molecule has 5 rings (SSSR count). The minimum Gasteiger partial charge on any atom is -0.357 e. The normalized spacial score (nSPS) is 32.1. The van der Waals surface area contributed by atoms with Crippen LogP contribution in [0.3, 0.4) is 0 Å². The molecule has 1 heterocycles. The van der Waals surface area contributed by atoms with Crippen LogP contribution in [0.4, 0.5) is 0 Å². The number of hydrogen-bond acceptors (Lipinski definition) is 3. The van der Waals surface area contributed by atoms with E-state index >= 15 is 0 Å². The summed E-state index contributed by atoms with van der Waals surface area (Å²) in [5, 5.41) is 6.74. The first-order chi connectivity index (χ1) is 14.2. The number of rotatable bonds is 9. The van der Waals surface area contributed by atoms with Gasteiger partial charge in [-0.1, -0.05) is 12.2 Å². The largest absolute Gasteiger partial charge is 0.357 e. The highest BCUT2D eigenvalue weighted by Crippen LogP contribution is 2.52. The molecule has 4 fully saturated rings. The number of imide groups is 1. The van der Waals surface area contributed by atoms with E-state index in [1.807, 2.05) is 0 Å². The number of amides is 2. The van der Waals surface area contributed by atoms with Gasteiger partial charge >= 0.3 is 0 Å². The van der Waals surface area contributed by atoms with Crippen LogP contribution in [-0.2, 0) is 9.59 Å². The van der Waals surface area contributed by atoms with E-state index in [0.717, 1.165) is 56.2 Å². The van der Waals surface area contributed by atoms with E-state index in [4.69, 9.17) is 4.99 Å². The maximum atomic E-state index is 12.7. The molecule has 0 aromatic rings. The Bertz CT molecular complexity index is 689. The van der Waals surface area contributed by atoms with Crippen LogP contribution in [0.1, 0.15) is 45.4 Å². The molecular weight excluding hydrogens is 491 g/mol. The lowest BCUT2D eigenvalue weighted by Crippen LogP contribution is -2.40. The molecule has 166 valence electrons. The van der Waals surface area contributed by atoms with Crippen LogP contribution in [0, 0.1) is 41.4 Å². The number of likely N-dealkylation sites (tertiary alicyclic amines) is 1. The quantitative estimate of drug-likeness (QED) is 0.121. The Labute approximate surface area is 196 Å². The standard InChI is InChI=1S/C23H34N4O2.HI/c1-2-24-23(26-13-18(14-4-5-14)15-6-7-15)25-10-3-11-27-21(28)19-16-8-9-17(12-16)20(19)22(27)29;/h8-9,14-20H,2-7,10-13H2,1H3,(H2,24,25,26);1H. The monoisotopic (exact) mass is 526 g/mol. The zero-order valence-electron chi connectivity index (χ0n) is 17.9. The smallest absolute Gasteiger partial charge is 0.233 e. The van der Waals surface area contributed by atoms with Gasteiger partial charge in [0.25, 0.3) is 0 Å². The van der Waals surface area contributed by atoms with Crippen molar-refractivity contribution in [1.82, 2.24) is 15.5 Å². The van der Waals surface area contributed by atoms with E-state index in [1.54, 1.807) is 0 Å². The van der Waals surface area contributed by atoms with Gasteiger partial charge in [-0.25, -0.2) is 0 Å². The minimum atomic E-state index is -0.0777. The van der Waals surface area contributed by atoms with Crippen LogP contribution >= 0.6 is 24.0 Å². The molecule has 4 atom stereocenters. The molecule has 6 nitrogen and oxygen atoms in total. The third kappa shape index (κ3) is 4.28. The van der Waals surface area contributed by atoms with Gasteiger partial charge in [-0.15, -0.1) is 24.0 Å². The maximum absolute atomic E-state index is 12.7. The van der Waals surface area contributed by atoms with Gasteiger partial charge in [0.1, 0.15) is 0 Å². The molecule has 0 radical (unpaired) electrons. The van der Waals surface area contributed by atoms with Crippen LogP contribution in [-0.4, -0.2) is 48.9 Å². The van der Waals surface area contributed by atoms with Gasteiger partial charge in [-0.3, -0.25) is 19.5 Å². The third-order valence-corrected chi connectivity index (χ3v) is 7.67. The molecule has 4 unspecified atom stereocenters. The topological polar surface area (TPSA) is 73.8 Å². The molecule has 30 heavy (non-hydrogen) atoms. The number of guanidine groups is 1. The molecule has 0 aromatic carbocycles. The molecule has 2 N–H and O–H groups in total. The van der Waals surface area contributed by atoms with Gasteiger partial charge in [-0.2, -0.15) is 0 Å². The number of halogens is 1. The second kappa shape index (κ2) is 9.17. The second-order valence-electron chi connectivity index (χ2n) is 9.67. The molecule has 2 amide bonds. The summed E-state index contributed by atoms with van der Waals surface area (Å²) in [5.41, 5.74) is 0. The van der Waals surface area contributed by atoms with Crippen molar-refractivity contribution in [2.24, 2.45) is 46.4 Å². The van der Waals surface area contributed by atoms with E-state index in [1.165, 1.54) is 30.6 Å². The van der Waals surface area contributed by atoms with Gasteiger partial charge < -0.3 is 10.6 Å². The second-order valence-corrected chi connectivity index (χ2v) is 9.67. The number of nitrogens with one attached hydrogen (secondary N) is 2. The van der Waals surface area contributed by atoms with Gasteiger partial charge in [0.2, 0.25) is 11.8 Å². The van der Waals surface area contributed by atoms with Gasteiger partial charge in [0.05, 0.1) is 11.8 Å². The molecule has 1 saturated heterocycles. The van der Waals surface area contributed by atoms with Crippen molar-refractivity contribution in [3.05, 3.63) is 12.2 Å². The predicted molar refractivity (Wildman–Crippen MR) is 127 cm³/mol. The summed E-state index contributed by atoms with van der Waals surface area (Å²) in [6.07, 6.45) is 11.6. The summed E-state index contributed by atoms with van der Waals surface area (Å²) in [6, 6.07) is 0. The van der Waals surface area contributed by atoms with Crippen LogP contribution in [0.25, 0.3) is 0 Å². The summed E-state index contributed by atoms with van der Waals surface area (Å²) in [7, 11) is 0. The summed E-state index contributed by atoms with van der Waals surface area (Å²) in [6.45, 7) is 5.09. The lowest BCUT2D eigenvalue weighted by Gasteiger charge is -2.18. The molecular formula is C23H35IN4O2. The molecule has 2 bridgehead atoms. The zero-order chi connectivity index (χ0) is 20.0. The van der Waals surface area contributed by atoms with Crippen molar-refractivity contribution in [2.75, 3.05) is 26.2 Å². The molecule has 7 heteroatoms. The molecule has 1 aliphatic heterocycles. The molecule has 5 aliphatic rings. The number of carbonyl (C=O) groups excluding carboxylic acids is 2. The van der Waals surface area contributed by atoms with E-state index in [9.17, 15) is 9.59 Å². The highest BCUT2D eigenvalue weighted by molar-refractivity contribution is 14.0. The van der Waals surface area contributed by atoms with Crippen molar-refractivity contribution in [2.45, 2.75) is 45.4 Å². The number of fused-ring (bicyclic) bond motifs is 5. The van der Waals surface area contributed by atoms with Crippen molar-refractivity contribution in [3.8, 4) is 0 Å². The number of aliphatic imine (C=N–C) groups is 1. The van der Waals surface area contributed by atoms with Crippen LogP contribution in [0.15, 0.2) is 17.1 Å². The first kappa shape index (κ1) is 22.1. The highest BCUT2D eigenvalue weighted by atomic mass is 127. The Morgan fingerprint density at radius 2 is 1.67 bits per heavy atom. The lowest BCUT2D eigenvalue weighted by molar-refractivity contribution is -0.140. The van der Waals surface area contributed by atoms with E-state index in [2.05, 4.69) is 29.7 Å². The molecule has 0 spiro atoms. The zero-order valence-corrected chi connectivity index (χ0v) is 20.2. The number of hydrogen-bond donors (Lipinski definition) is 2. The number of allylic oxidation sites excluding steroid dienone is 2. The molecule has 3 saturated carbocycles. The average molecular weight is 526 g/mol. The summed E-state index contributed by atoms with van der Waals surface area (Å²) < 4.78 is 0. The van der Waals surface area contributed by atoms with Crippen LogP contribution in [0.2, 0.25) is 0 Å². The predicted octanol–water partition coefficient (Wildman–Crippen LogP) is 2.79. The van der Waals surface area contributed by atoms with E-state index < -0.39 is 0 Å². The fourth-order valence-electron chi connectivity index (χ4n) is 5.90. The summed E-state index contributed by atoms with van der Waals surface area (Å²) in [5.74, 6) is 4.02. The maximum Gasteiger partial charge on any atom is 0.233 e. The van der Waals surface area contributed by atoms with E-state index in [0.29, 0.717) is 18.4 Å². The number of carbonyl (C=O) groups is 2. The van der Waals surface area contributed by atoms with Gasteiger partial charge in [0.15, 0.2) is 5.96 Å². The minimum absolute atomic E-state index is 0. The van der Waals surface area contributed by atoms with Crippen LogP contribution in [0.5, 0.6) is 0 Å². The van der Waals surface area contributed by atoms with Crippen molar-refractivity contribution < 1.29 is 9.59 Å². The van der Waals surface area contributed by atoms with Crippen LogP contribution < -0.4 is 10.6 Å². The van der Waals surface area contributed by atoms with Crippen molar-refractivity contribution in [1.29, 1.82) is 0 Å². The third-order valence-electron chi connectivity index (χ3n) is 7.67. The van der Waals surface area contributed by atoms with E-state index in [-0.39, 0.29) is 47.6 Å². The molecule has 4 aliphatic carbocycles. The first-order valence-electron chi connectivity index (χ1n) is 11.7.